The number of aromatic nitrogens is 5. The molecule has 0 aliphatic carbocycles. The van der Waals surface area contributed by atoms with E-state index in [-0.39, 0.29) is 10.6 Å². The zero-order valence-electron chi connectivity index (χ0n) is 19.6. The van der Waals surface area contributed by atoms with Gasteiger partial charge in [-0.2, -0.15) is 0 Å². The van der Waals surface area contributed by atoms with Crippen LogP contribution in [0.15, 0.2) is 75.0 Å². The van der Waals surface area contributed by atoms with Crippen molar-refractivity contribution < 1.29 is 8.42 Å². The quantitative estimate of drug-likeness (QED) is 0.337. The van der Waals surface area contributed by atoms with Crippen molar-refractivity contribution in [3.8, 4) is 17.1 Å². The van der Waals surface area contributed by atoms with E-state index in [2.05, 4.69) is 25.6 Å². The molecular formula is C25H21BrN6O3S. The van der Waals surface area contributed by atoms with Crippen molar-refractivity contribution in [2.75, 3.05) is 7.05 Å². The number of imidazole rings is 2. The lowest BCUT2D eigenvalue weighted by Gasteiger charge is -2.11. The highest BCUT2D eigenvalue weighted by Gasteiger charge is 2.21. The van der Waals surface area contributed by atoms with E-state index in [9.17, 15) is 13.2 Å². The monoisotopic (exact) mass is 564 g/mol. The van der Waals surface area contributed by atoms with Gasteiger partial charge >= 0.3 is 5.69 Å². The summed E-state index contributed by atoms with van der Waals surface area (Å²) in [5.41, 5.74) is 5.28. The minimum atomic E-state index is -3.67. The minimum absolute atomic E-state index is 0.123. The van der Waals surface area contributed by atoms with Gasteiger partial charge in [-0.3, -0.25) is 13.7 Å². The number of hydrogen-bond donors (Lipinski definition) is 2. The lowest BCUT2D eigenvalue weighted by Crippen LogP contribution is -2.19. The average Bonchev–Trinajstić information content (AvgIpc) is 3.52. The summed E-state index contributed by atoms with van der Waals surface area (Å²) in [7, 11) is 1.19. The van der Waals surface area contributed by atoms with Gasteiger partial charge in [-0.25, -0.2) is 22.9 Å². The number of hydrogen-bond acceptors (Lipinski definition) is 4. The predicted molar refractivity (Wildman–Crippen MR) is 144 cm³/mol. The molecule has 182 valence electrons. The zero-order chi connectivity index (χ0) is 25.4. The van der Waals surface area contributed by atoms with Gasteiger partial charge in [-0.1, -0.05) is 22.0 Å². The molecule has 11 heteroatoms. The average molecular weight is 565 g/mol. The molecule has 0 bridgehead atoms. The van der Waals surface area contributed by atoms with E-state index in [0.29, 0.717) is 16.9 Å². The van der Waals surface area contributed by atoms with Gasteiger partial charge < -0.3 is 4.98 Å². The Labute approximate surface area is 214 Å². The fraction of sp³-hybridized carbons (Fsp3) is 0.120. The highest BCUT2D eigenvalue weighted by Crippen LogP contribution is 2.35. The smallest absolute Gasteiger partial charge is 0.328 e. The van der Waals surface area contributed by atoms with Crippen LogP contribution in [0.3, 0.4) is 0 Å². The van der Waals surface area contributed by atoms with E-state index in [1.165, 1.54) is 7.05 Å². The Hall–Kier alpha value is -3.67. The van der Waals surface area contributed by atoms with E-state index < -0.39 is 10.0 Å². The summed E-state index contributed by atoms with van der Waals surface area (Å²) in [4.78, 5) is 20.9. The number of H-pyrrole nitrogens is 1. The van der Waals surface area contributed by atoms with Gasteiger partial charge in [0, 0.05) is 46.9 Å². The van der Waals surface area contributed by atoms with Crippen LogP contribution in [0.2, 0.25) is 0 Å². The van der Waals surface area contributed by atoms with Crippen molar-refractivity contribution >= 4 is 58.9 Å². The molecule has 0 atom stereocenters. The summed E-state index contributed by atoms with van der Waals surface area (Å²) in [6, 6.07) is 16.6. The van der Waals surface area contributed by atoms with Crippen LogP contribution in [0.25, 0.3) is 50.0 Å². The maximum atomic E-state index is 12.6. The molecule has 3 heterocycles. The fourth-order valence-corrected chi connectivity index (χ4v) is 5.81. The molecule has 0 amide bonds. The maximum Gasteiger partial charge on any atom is 0.328 e. The molecule has 2 N–H and O–H groups in total. The molecule has 0 fully saturated rings. The number of benzene rings is 3. The minimum Gasteiger partial charge on any atom is -0.360 e. The van der Waals surface area contributed by atoms with Crippen molar-refractivity contribution in [3.05, 3.63) is 75.8 Å². The summed E-state index contributed by atoms with van der Waals surface area (Å²) in [6.45, 7) is 0. The van der Waals surface area contributed by atoms with E-state index in [1.54, 1.807) is 41.4 Å². The van der Waals surface area contributed by atoms with Crippen LogP contribution in [-0.2, 0) is 24.1 Å². The van der Waals surface area contributed by atoms with Gasteiger partial charge in [0.2, 0.25) is 10.0 Å². The topological polar surface area (TPSA) is 107 Å². The molecule has 3 aromatic heterocycles. The highest BCUT2D eigenvalue weighted by atomic mass is 79.9. The second-order valence-electron chi connectivity index (χ2n) is 8.59. The lowest BCUT2D eigenvalue weighted by molar-refractivity contribution is 0.588. The first-order valence-corrected chi connectivity index (χ1v) is 13.4. The van der Waals surface area contributed by atoms with E-state index in [4.69, 9.17) is 4.98 Å². The molecule has 0 saturated heterocycles. The number of sulfonamides is 1. The first kappa shape index (κ1) is 22.8. The van der Waals surface area contributed by atoms with Crippen molar-refractivity contribution in [3.63, 3.8) is 0 Å². The molecule has 36 heavy (non-hydrogen) atoms. The molecule has 0 spiro atoms. The van der Waals surface area contributed by atoms with E-state index in [1.807, 2.05) is 47.2 Å². The summed E-state index contributed by atoms with van der Waals surface area (Å²) in [6.07, 6.45) is 1.90. The Morgan fingerprint density at radius 2 is 1.72 bits per heavy atom. The summed E-state index contributed by atoms with van der Waals surface area (Å²) in [5, 5.41) is 0.978. The molecular weight excluding hydrogens is 544 g/mol. The molecule has 0 aliphatic heterocycles. The molecule has 6 rings (SSSR count). The van der Waals surface area contributed by atoms with Crippen LogP contribution in [0, 0.1) is 0 Å². The number of aryl methyl sites for hydroxylation is 2. The zero-order valence-corrected chi connectivity index (χ0v) is 22.0. The maximum absolute atomic E-state index is 12.6. The molecule has 3 aromatic carbocycles. The summed E-state index contributed by atoms with van der Waals surface area (Å²) in [5.74, 6) is 0.651. The van der Waals surface area contributed by atoms with E-state index >= 15 is 0 Å². The van der Waals surface area contributed by atoms with Crippen LogP contribution in [0.4, 0.5) is 0 Å². The first-order valence-electron chi connectivity index (χ1n) is 11.1. The van der Waals surface area contributed by atoms with Crippen LogP contribution < -0.4 is 10.4 Å². The third kappa shape index (κ3) is 3.27. The second kappa shape index (κ2) is 7.92. The van der Waals surface area contributed by atoms with Gasteiger partial charge in [0.15, 0.2) is 0 Å². The number of halogens is 1. The third-order valence-corrected chi connectivity index (χ3v) is 8.51. The summed E-state index contributed by atoms with van der Waals surface area (Å²) >= 11 is 3.51. The van der Waals surface area contributed by atoms with Crippen LogP contribution >= 0.6 is 15.9 Å². The standard InChI is InChI=1S/C25H21BrN6O3S/c1-27-36(34,35)16-6-8-19-22(12-16)32(15-5-9-21-23(11-15)31(3)25(33)30(21)2)24(29-19)18-13-28-20-10-14(26)4-7-17(18)20/h4-13,27-28H,1-3H3. The Balaban J connectivity index is 1.72. The Morgan fingerprint density at radius 1 is 0.944 bits per heavy atom. The van der Waals surface area contributed by atoms with Crippen molar-refractivity contribution in [2.45, 2.75) is 4.90 Å². The Bertz CT molecular complexity index is 2010. The fourth-order valence-electron chi connectivity index (χ4n) is 4.70. The van der Waals surface area contributed by atoms with Gasteiger partial charge in [0.25, 0.3) is 0 Å². The predicted octanol–water partition coefficient (Wildman–Crippen LogP) is 4.03. The molecule has 9 nitrogen and oxygen atoms in total. The number of rotatable bonds is 4. The first-order chi connectivity index (χ1) is 17.2. The summed E-state index contributed by atoms with van der Waals surface area (Å²) < 4.78 is 33.7. The highest BCUT2D eigenvalue weighted by molar-refractivity contribution is 9.10. The molecule has 0 radical (unpaired) electrons. The van der Waals surface area contributed by atoms with Gasteiger partial charge in [-0.05, 0) is 55.6 Å². The van der Waals surface area contributed by atoms with Gasteiger partial charge in [0.05, 0.1) is 27.0 Å². The normalized spacial score (nSPS) is 12.3. The molecule has 0 unspecified atom stereocenters. The van der Waals surface area contributed by atoms with Crippen molar-refractivity contribution in [2.24, 2.45) is 14.1 Å². The number of nitrogens with zero attached hydrogens (tertiary/aromatic N) is 4. The Morgan fingerprint density at radius 3 is 2.50 bits per heavy atom. The van der Waals surface area contributed by atoms with Crippen molar-refractivity contribution in [1.29, 1.82) is 0 Å². The van der Waals surface area contributed by atoms with E-state index in [0.717, 1.165) is 37.7 Å². The van der Waals surface area contributed by atoms with Crippen LogP contribution in [0.5, 0.6) is 0 Å². The second-order valence-corrected chi connectivity index (χ2v) is 11.4. The molecule has 0 saturated carbocycles. The number of fused-ring (bicyclic) bond motifs is 3. The molecule has 0 aliphatic rings. The van der Waals surface area contributed by atoms with Crippen molar-refractivity contribution in [1.82, 2.24) is 28.4 Å². The SMILES string of the molecule is CNS(=O)(=O)c1ccc2nc(-c3c[nH]c4cc(Br)ccc34)n(-c3ccc4c(c3)n(C)c(=O)n4C)c2c1. The van der Waals surface area contributed by atoms with Crippen LogP contribution in [0.1, 0.15) is 0 Å². The van der Waals surface area contributed by atoms with Crippen LogP contribution in [-0.4, -0.2) is 39.1 Å². The van der Waals surface area contributed by atoms with Gasteiger partial charge in [-0.15, -0.1) is 0 Å². The molecule has 6 aromatic rings. The number of aromatic amines is 1. The lowest BCUT2D eigenvalue weighted by atomic mass is 10.1. The largest absolute Gasteiger partial charge is 0.360 e. The number of nitrogens with one attached hydrogen (secondary N) is 2. The van der Waals surface area contributed by atoms with Gasteiger partial charge in [0.1, 0.15) is 5.82 Å². The Kier molecular flexibility index (Phi) is 5.01. The third-order valence-electron chi connectivity index (χ3n) is 6.60.